The zero-order valence-corrected chi connectivity index (χ0v) is 28.6. The van der Waals surface area contributed by atoms with Crippen molar-refractivity contribution in [2.45, 2.75) is 79.8 Å². The first kappa shape index (κ1) is 33.7. The molecule has 0 spiro atoms. The van der Waals surface area contributed by atoms with Gasteiger partial charge in [0.05, 0.1) is 16.1 Å². The van der Waals surface area contributed by atoms with Crippen LogP contribution in [0.3, 0.4) is 0 Å². The molecule has 2 aromatic carbocycles. The van der Waals surface area contributed by atoms with Gasteiger partial charge in [0.25, 0.3) is 0 Å². The first-order chi connectivity index (χ1) is 14.7. The Bertz CT molecular complexity index is 974. The van der Waals surface area contributed by atoms with Crippen molar-refractivity contribution in [1.29, 1.82) is 0 Å². The molecule has 0 nitrogen and oxygen atoms in total. The molecule has 34 heavy (non-hydrogen) atoms. The molecule has 0 radical (unpaired) electrons. The van der Waals surface area contributed by atoms with Crippen LogP contribution < -0.4 is 35.2 Å². The minimum atomic E-state index is -1.34. The maximum Gasteiger partial charge on any atom is 0.0776 e. The summed E-state index contributed by atoms with van der Waals surface area (Å²) in [6, 6.07) is 11.1. The number of benzene rings is 2. The maximum absolute atomic E-state index is 3.72. The maximum atomic E-state index is 3.72. The number of hydrogen-bond donors (Lipinski definition) is 0. The van der Waals surface area contributed by atoms with Crippen LogP contribution in [0.5, 0.6) is 0 Å². The van der Waals surface area contributed by atoms with Gasteiger partial charge in [-0.1, -0.05) is 63.5 Å². The Kier molecular flexibility index (Phi) is 13.7. The van der Waals surface area contributed by atoms with E-state index in [4.69, 9.17) is 0 Å². The second-order valence-corrected chi connectivity index (χ2v) is 23.8. The molecular formula is C29H40Cl2Si2Zr-2. The largest absolute Gasteiger partial charge is 1.00 e. The van der Waals surface area contributed by atoms with Gasteiger partial charge in [-0.3, -0.25) is 6.08 Å². The molecular weight excluding hydrogens is 567 g/mol. The van der Waals surface area contributed by atoms with E-state index in [1.807, 2.05) is 12.2 Å². The minimum Gasteiger partial charge on any atom is -1.00 e. The van der Waals surface area contributed by atoms with E-state index < -0.39 is 16.1 Å². The summed E-state index contributed by atoms with van der Waals surface area (Å²) in [4.78, 5) is 0. The third-order valence-electron chi connectivity index (χ3n) is 5.77. The van der Waals surface area contributed by atoms with Gasteiger partial charge in [0, 0.05) is 0 Å². The van der Waals surface area contributed by atoms with Gasteiger partial charge in [-0.2, -0.15) is 29.0 Å². The number of allylic oxidation sites excluding steroid dienone is 4. The summed E-state index contributed by atoms with van der Waals surface area (Å²) in [5.74, 6) is 0. The van der Waals surface area contributed by atoms with Crippen molar-refractivity contribution in [2.24, 2.45) is 0 Å². The van der Waals surface area contributed by atoms with E-state index in [1.165, 1.54) is 36.2 Å². The van der Waals surface area contributed by atoms with Crippen LogP contribution in [0.25, 0.3) is 11.1 Å². The van der Waals surface area contributed by atoms with Gasteiger partial charge in [0.2, 0.25) is 0 Å². The fourth-order valence-corrected chi connectivity index (χ4v) is 6.23. The van der Waals surface area contributed by atoms with E-state index in [0.29, 0.717) is 0 Å². The quantitative estimate of drug-likeness (QED) is 0.300. The number of fused-ring (bicyclic) bond motifs is 3. The van der Waals surface area contributed by atoms with E-state index in [2.05, 4.69) is 103 Å². The van der Waals surface area contributed by atoms with Crippen molar-refractivity contribution in [1.82, 2.24) is 0 Å². The van der Waals surface area contributed by atoms with Crippen LogP contribution >= 0.6 is 0 Å². The third kappa shape index (κ3) is 9.29. The molecule has 0 heterocycles. The summed E-state index contributed by atoms with van der Waals surface area (Å²) < 4.78 is 1.51. The van der Waals surface area contributed by atoms with Crippen LogP contribution in [0.4, 0.5) is 0 Å². The predicted octanol–water partition coefficient (Wildman–Crippen LogP) is 0.824. The molecule has 184 valence electrons. The van der Waals surface area contributed by atoms with Gasteiger partial charge in [0.1, 0.15) is 0 Å². The predicted molar refractivity (Wildman–Crippen MR) is 147 cm³/mol. The fraction of sp³-hybridized carbons (Fsp3) is 0.414. The van der Waals surface area contributed by atoms with Crippen molar-refractivity contribution < 1.29 is 49.0 Å². The van der Waals surface area contributed by atoms with Crippen LogP contribution in [0.1, 0.15) is 42.5 Å². The van der Waals surface area contributed by atoms with Gasteiger partial charge in [-0.15, -0.1) is 17.5 Å². The van der Waals surface area contributed by atoms with Crippen LogP contribution in [-0.2, 0) is 30.7 Å². The summed E-state index contributed by atoms with van der Waals surface area (Å²) in [6.07, 6.45) is 11.1. The molecule has 0 fully saturated rings. The van der Waals surface area contributed by atoms with Crippen molar-refractivity contribution in [3.05, 3.63) is 70.8 Å². The van der Waals surface area contributed by atoms with Crippen molar-refractivity contribution in [2.75, 3.05) is 0 Å². The standard InChI is InChI=1S/C21H29Si2.C5H5.C3H6.2ClH.Zr/c1-14-9-16(22(3,4)5)11-20-18(14)13-19-15(2)10-17(12-21(19)20)23(6,7)8;1-2-4-5-3-1;1-3-2;;;/h9,11-12H,13H2,1-8H3;1-3H,4H2;1-2H3;2*1H;/q2*-1;;;;+2/p-2. The van der Waals surface area contributed by atoms with E-state index in [-0.39, 0.29) is 24.8 Å². The monoisotopic (exact) mass is 604 g/mol. The first-order valence-corrected chi connectivity index (χ1v) is 19.9. The van der Waals surface area contributed by atoms with Crippen molar-refractivity contribution in [3.8, 4) is 11.1 Å². The van der Waals surface area contributed by atoms with Gasteiger partial charge in [0.15, 0.2) is 0 Å². The van der Waals surface area contributed by atoms with Crippen LogP contribution in [0, 0.1) is 26.0 Å². The molecule has 2 aromatic rings. The molecule has 0 N–H and O–H groups in total. The second-order valence-electron chi connectivity index (χ2n) is 11.2. The van der Waals surface area contributed by atoms with E-state index in [9.17, 15) is 0 Å². The SMILES string of the molecule is C[C](C)=[Zr+2].Cc1[c-]c([Si](C)(C)C)cc2c1Cc1c(C)cc([Si](C)(C)C)cc1-2.[C-]1=CC=CC1.[Cl-].[Cl-]. The number of rotatable bonds is 2. The summed E-state index contributed by atoms with van der Waals surface area (Å²) in [7, 11) is -2.63. The number of hydrogen-bond acceptors (Lipinski definition) is 0. The zero-order chi connectivity index (χ0) is 24.3. The van der Waals surface area contributed by atoms with Gasteiger partial charge >= 0.3 is 41.3 Å². The fourth-order valence-electron chi connectivity index (χ4n) is 3.86. The minimum absolute atomic E-state index is 0. The Balaban J connectivity index is 0.000000840. The Morgan fingerprint density at radius 3 is 1.82 bits per heavy atom. The molecule has 4 rings (SSSR count). The summed E-state index contributed by atoms with van der Waals surface area (Å²) in [5, 5.41) is 3.05. The first-order valence-electron chi connectivity index (χ1n) is 11.7. The van der Waals surface area contributed by atoms with E-state index in [1.54, 1.807) is 35.0 Å². The molecule has 2 aliphatic carbocycles. The van der Waals surface area contributed by atoms with Gasteiger partial charge in [-0.25, -0.2) is 12.2 Å². The molecule has 0 unspecified atom stereocenters. The van der Waals surface area contributed by atoms with E-state index in [0.717, 1.165) is 12.8 Å². The molecule has 0 aliphatic heterocycles. The molecule has 0 atom stereocenters. The Morgan fingerprint density at radius 1 is 0.853 bits per heavy atom. The second kappa shape index (κ2) is 13.8. The third-order valence-corrected chi connectivity index (χ3v) is 9.67. The average Bonchev–Trinajstić information content (AvgIpc) is 3.31. The Labute approximate surface area is 238 Å². The van der Waals surface area contributed by atoms with Crippen molar-refractivity contribution in [3.63, 3.8) is 0 Å². The summed E-state index contributed by atoms with van der Waals surface area (Å²) >= 11 is 1.55. The smallest absolute Gasteiger partial charge is 0.0776 e. The summed E-state index contributed by atoms with van der Waals surface area (Å²) in [6.45, 7) is 23.4. The number of halogens is 2. The topological polar surface area (TPSA) is 0 Å². The van der Waals surface area contributed by atoms with Crippen molar-refractivity contribution >= 4 is 29.7 Å². The molecule has 5 heteroatoms. The molecule has 0 aromatic heterocycles. The summed E-state index contributed by atoms with van der Waals surface area (Å²) in [5.41, 5.74) is 8.91. The van der Waals surface area contributed by atoms with Gasteiger partial charge < -0.3 is 24.8 Å². The molecule has 0 amide bonds. The average molecular weight is 607 g/mol. The molecule has 0 bridgehead atoms. The zero-order valence-electron chi connectivity index (χ0n) is 22.6. The molecule has 0 saturated heterocycles. The van der Waals surface area contributed by atoms with E-state index >= 15 is 0 Å². The molecule has 2 aliphatic rings. The van der Waals surface area contributed by atoms with Gasteiger partial charge in [-0.05, 0) is 30.0 Å². The van der Waals surface area contributed by atoms with Crippen LogP contribution in [0.2, 0.25) is 39.3 Å². The normalized spacial score (nSPS) is 12.8. The number of aryl methyl sites for hydroxylation is 2. The molecule has 0 saturated carbocycles. The van der Waals surface area contributed by atoms with Crippen LogP contribution in [-0.4, -0.2) is 19.4 Å². The van der Waals surface area contributed by atoms with Crippen LogP contribution in [0.15, 0.2) is 36.4 Å². The Hall–Kier alpha value is -0.313. The Morgan fingerprint density at radius 2 is 1.41 bits per heavy atom.